The van der Waals surface area contributed by atoms with Gasteiger partial charge in [-0.25, -0.2) is 4.79 Å². The van der Waals surface area contributed by atoms with Crippen LogP contribution in [0.2, 0.25) is 0 Å². The summed E-state index contributed by atoms with van der Waals surface area (Å²) in [6, 6.07) is 0. The van der Waals surface area contributed by atoms with Gasteiger partial charge in [0.25, 0.3) is 0 Å². The minimum absolute atomic E-state index is 0.242. The molecule has 0 heterocycles. The Labute approximate surface area is 76.6 Å². The number of hydrogen-bond donors (Lipinski definition) is 2. The van der Waals surface area contributed by atoms with Gasteiger partial charge in [-0.15, -0.1) is 0 Å². The van der Waals surface area contributed by atoms with Crippen LogP contribution in [0.4, 0.5) is 0 Å². The highest BCUT2D eigenvalue weighted by Gasteiger charge is 2.17. The second-order valence-corrected chi connectivity index (χ2v) is 4.37. The maximum absolute atomic E-state index is 10.9. The van der Waals surface area contributed by atoms with E-state index in [1.807, 2.05) is 0 Å². The van der Waals surface area contributed by atoms with Crippen molar-refractivity contribution < 1.29 is 23.9 Å². The van der Waals surface area contributed by atoms with E-state index in [4.69, 9.17) is 9.79 Å². The highest BCUT2D eigenvalue weighted by molar-refractivity contribution is 7.52. The molecule has 6 heteroatoms. The lowest BCUT2D eigenvalue weighted by molar-refractivity contribution is -0.136. The Hall–Kier alpha value is -0.640. The molecule has 0 rings (SSSR count). The summed E-state index contributed by atoms with van der Waals surface area (Å²) >= 11 is 0. The lowest BCUT2D eigenvalue weighted by atomic mass is 10.2. The van der Waals surface area contributed by atoms with Crippen molar-refractivity contribution in [2.75, 3.05) is 13.3 Å². The van der Waals surface area contributed by atoms with Crippen molar-refractivity contribution in [1.82, 2.24) is 0 Å². The lowest BCUT2D eigenvalue weighted by Gasteiger charge is -2.07. The number of carbonyl (C=O) groups excluding carboxylic acids is 1. The highest BCUT2D eigenvalue weighted by atomic mass is 31.2. The maximum Gasteiger partial charge on any atom is 0.333 e. The zero-order chi connectivity index (χ0) is 10.6. The lowest BCUT2D eigenvalue weighted by Crippen LogP contribution is -2.05. The fourth-order valence-electron chi connectivity index (χ4n) is 0.755. The first-order valence-corrected chi connectivity index (χ1v) is 5.37. The molecule has 2 N–H and O–H groups in total. The van der Waals surface area contributed by atoms with Crippen LogP contribution < -0.4 is 0 Å². The van der Waals surface area contributed by atoms with Crippen LogP contribution in [-0.4, -0.2) is 29.0 Å². The standard InChI is InChI=1S/C7H13O5P/c1-5(4-13(9,10)11)6(2)7(8)12-3/h4H2,1-3H3,(H2,9,10,11). The van der Waals surface area contributed by atoms with Crippen LogP contribution >= 0.6 is 7.60 Å². The summed E-state index contributed by atoms with van der Waals surface area (Å²) < 4.78 is 15.0. The van der Waals surface area contributed by atoms with E-state index in [2.05, 4.69) is 4.74 Å². The van der Waals surface area contributed by atoms with E-state index in [1.165, 1.54) is 21.0 Å². The van der Waals surface area contributed by atoms with Gasteiger partial charge < -0.3 is 14.5 Å². The number of esters is 1. The van der Waals surface area contributed by atoms with Gasteiger partial charge >= 0.3 is 13.6 Å². The molecule has 0 saturated heterocycles. The topological polar surface area (TPSA) is 83.8 Å². The third-order valence-electron chi connectivity index (χ3n) is 1.57. The van der Waals surface area contributed by atoms with Crippen molar-refractivity contribution in [2.45, 2.75) is 13.8 Å². The van der Waals surface area contributed by atoms with E-state index in [9.17, 15) is 9.36 Å². The molecule has 0 spiro atoms. The monoisotopic (exact) mass is 208 g/mol. The Morgan fingerprint density at radius 2 is 1.85 bits per heavy atom. The molecule has 0 aliphatic rings. The molecule has 0 aliphatic carbocycles. The summed E-state index contributed by atoms with van der Waals surface area (Å²) in [4.78, 5) is 28.1. The Morgan fingerprint density at radius 1 is 1.38 bits per heavy atom. The molecule has 0 unspecified atom stereocenters. The molecular weight excluding hydrogens is 195 g/mol. The van der Waals surface area contributed by atoms with Crippen molar-refractivity contribution >= 4 is 13.6 Å². The molecule has 0 bridgehead atoms. The van der Waals surface area contributed by atoms with Crippen molar-refractivity contribution in [3.63, 3.8) is 0 Å². The molecule has 5 nitrogen and oxygen atoms in total. The van der Waals surface area contributed by atoms with Gasteiger partial charge in [0, 0.05) is 5.57 Å². The van der Waals surface area contributed by atoms with Gasteiger partial charge in [-0.3, -0.25) is 4.57 Å². The van der Waals surface area contributed by atoms with Crippen LogP contribution in [0.5, 0.6) is 0 Å². The van der Waals surface area contributed by atoms with E-state index in [0.717, 1.165) is 0 Å². The van der Waals surface area contributed by atoms with Crippen LogP contribution in [0.25, 0.3) is 0 Å². The third kappa shape index (κ3) is 4.83. The largest absolute Gasteiger partial charge is 0.466 e. The number of allylic oxidation sites excluding steroid dienone is 1. The fraction of sp³-hybridized carbons (Fsp3) is 0.571. The van der Waals surface area contributed by atoms with E-state index < -0.39 is 19.7 Å². The van der Waals surface area contributed by atoms with E-state index in [-0.39, 0.29) is 5.57 Å². The van der Waals surface area contributed by atoms with Gasteiger partial charge in [-0.1, -0.05) is 5.57 Å². The molecule has 0 aromatic heterocycles. The Kier molecular flexibility index (Phi) is 4.33. The molecule has 0 atom stereocenters. The summed E-state index contributed by atoms with van der Waals surface area (Å²) in [6.45, 7) is 2.96. The first-order chi connectivity index (χ1) is 5.78. The zero-order valence-corrected chi connectivity index (χ0v) is 8.67. The Balaban J connectivity index is 4.64. The predicted octanol–water partition coefficient (Wildman–Crippen LogP) is 0.673. The normalized spacial score (nSPS) is 13.6. The average molecular weight is 208 g/mol. The molecular formula is C7H13O5P. The molecule has 0 saturated carbocycles. The molecule has 0 amide bonds. The molecule has 76 valence electrons. The van der Waals surface area contributed by atoms with Crippen LogP contribution in [-0.2, 0) is 14.1 Å². The molecule has 0 fully saturated rings. The first-order valence-electron chi connectivity index (χ1n) is 3.57. The van der Waals surface area contributed by atoms with E-state index in [0.29, 0.717) is 5.57 Å². The van der Waals surface area contributed by atoms with Crippen molar-refractivity contribution in [3.8, 4) is 0 Å². The Morgan fingerprint density at radius 3 is 2.15 bits per heavy atom. The quantitative estimate of drug-likeness (QED) is 0.404. The van der Waals surface area contributed by atoms with Gasteiger partial charge in [0.15, 0.2) is 0 Å². The minimum atomic E-state index is -4.09. The average Bonchev–Trinajstić information content (AvgIpc) is 1.98. The first kappa shape index (κ1) is 12.4. The minimum Gasteiger partial charge on any atom is -0.466 e. The van der Waals surface area contributed by atoms with Crippen molar-refractivity contribution in [3.05, 3.63) is 11.1 Å². The summed E-state index contributed by atoms with van der Waals surface area (Å²) in [5.41, 5.74) is 0.589. The van der Waals surface area contributed by atoms with E-state index in [1.54, 1.807) is 0 Å². The van der Waals surface area contributed by atoms with Crippen molar-refractivity contribution in [1.29, 1.82) is 0 Å². The van der Waals surface area contributed by atoms with Crippen LogP contribution in [0.15, 0.2) is 11.1 Å². The van der Waals surface area contributed by atoms with Crippen LogP contribution in [0, 0.1) is 0 Å². The SMILES string of the molecule is COC(=O)C(C)=C(C)CP(=O)(O)O. The Bertz CT molecular complexity index is 275. The third-order valence-corrected chi connectivity index (χ3v) is 2.46. The number of methoxy groups -OCH3 is 1. The van der Waals surface area contributed by atoms with Gasteiger partial charge in [0.05, 0.1) is 13.3 Å². The van der Waals surface area contributed by atoms with Gasteiger partial charge in [0.2, 0.25) is 0 Å². The van der Waals surface area contributed by atoms with Crippen molar-refractivity contribution in [2.24, 2.45) is 0 Å². The summed E-state index contributed by atoms with van der Waals surface area (Å²) in [6.07, 6.45) is -0.409. The smallest absolute Gasteiger partial charge is 0.333 e. The predicted molar refractivity (Wildman–Crippen MR) is 47.3 cm³/mol. The molecule has 13 heavy (non-hydrogen) atoms. The number of carbonyl (C=O) groups is 1. The molecule has 0 aromatic carbocycles. The number of rotatable bonds is 3. The van der Waals surface area contributed by atoms with Gasteiger partial charge in [0.1, 0.15) is 0 Å². The fourth-order valence-corrected chi connectivity index (χ4v) is 1.61. The molecule has 0 aromatic rings. The summed E-state index contributed by atoms with van der Waals surface area (Å²) in [5.74, 6) is -0.564. The number of hydrogen-bond acceptors (Lipinski definition) is 3. The molecule has 0 radical (unpaired) electrons. The van der Waals surface area contributed by atoms with Crippen LogP contribution in [0.1, 0.15) is 13.8 Å². The van der Waals surface area contributed by atoms with Crippen LogP contribution in [0.3, 0.4) is 0 Å². The van der Waals surface area contributed by atoms with E-state index >= 15 is 0 Å². The van der Waals surface area contributed by atoms with Gasteiger partial charge in [-0.2, -0.15) is 0 Å². The highest BCUT2D eigenvalue weighted by Crippen LogP contribution is 2.37. The zero-order valence-electron chi connectivity index (χ0n) is 7.77. The maximum atomic E-state index is 10.9. The second kappa shape index (κ2) is 4.56. The number of ether oxygens (including phenoxy) is 1. The summed E-state index contributed by atoms with van der Waals surface area (Å²) in [5, 5.41) is 0. The second-order valence-electron chi connectivity index (χ2n) is 2.72. The van der Waals surface area contributed by atoms with Gasteiger partial charge in [-0.05, 0) is 13.8 Å². The summed E-state index contributed by atoms with van der Waals surface area (Å²) in [7, 11) is -2.87. The molecule has 0 aliphatic heterocycles.